The molecule has 4 rings (SSSR count). The molecule has 0 saturated heterocycles. The minimum Gasteiger partial charge on any atom is -0.331 e. The van der Waals surface area contributed by atoms with Crippen molar-refractivity contribution in [3.63, 3.8) is 0 Å². The third-order valence-corrected chi connectivity index (χ3v) is 4.98. The van der Waals surface area contributed by atoms with Crippen molar-refractivity contribution in [2.75, 3.05) is 6.54 Å². The van der Waals surface area contributed by atoms with Crippen LogP contribution in [0.25, 0.3) is 22.4 Å². The lowest BCUT2D eigenvalue weighted by Gasteiger charge is -2.27. The van der Waals surface area contributed by atoms with Gasteiger partial charge in [-0.15, -0.1) is 0 Å². The second-order valence-corrected chi connectivity index (χ2v) is 6.79. The smallest absolute Gasteiger partial charge is 0.331 e. The average Bonchev–Trinajstić information content (AvgIpc) is 3.11. The van der Waals surface area contributed by atoms with Crippen LogP contribution in [0.1, 0.15) is 11.3 Å². The number of aromatic nitrogens is 3. The van der Waals surface area contributed by atoms with E-state index in [1.165, 1.54) is 12.1 Å². The zero-order valence-corrected chi connectivity index (χ0v) is 15.7. The van der Waals surface area contributed by atoms with Crippen molar-refractivity contribution in [3.8, 4) is 22.4 Å². The zero-order chi connectivity index (χ0) is 21.5. The number of nitrogens with zero attached hydrogens (tertiary/aromatic N) is 4. The monoisotopic (exact) mass is 416 g/mol. The van der Waals surface area contributed by atoms with E-state index in [1.807, 2.05) is 0 Å². The van der Waals surface area contributed by atoms with Gasteiger partial charge in [-0.25, -0.2) is 4.39 Å². The van der Waals surface area contributed by atoms with Gasteiger partial charge in [0.2, 0.25) is 5.91 Å². The molecule has 1 aliphatic rings. The van der Waals surface area contributed by atoms with Crippen LogP contribution in [-0.2, 0) is 24.1 Å². The van der Waals surface area contributed by atoms with Crippen LogP contribution in [0.2, 0.25) is 0 Å². The summed E-state index contributed by atoms with van der Waals surface area (Å²) >= 11 is 0. The van der Waals surface area contributed by atoms with E-state index >= 15 is 0 Å². The Morgan fingerprint density at radius 1 is 1.10 bits per heavy atom. The van der Waals surface area contributed by atoms with Crippen molar-refractivity contribution in [2.45, 2.75) is 19.3 Å². The number of amides is 1. The van der Waals surface area contributed by atoms with E-state index in [4.69, 9.17) is 0 Å². The van der Waals surface area contributed by atoms with Gasteiger partial charge >= 0.3 is 6.18 Å². The van der Waals surface area contributed by atoms with Crippen LogP contribution >= 0.6 is 0 Å². The molecule has 0 N–H and O–H groups in total. The highest BCUT2D eigenvalue weighted by molar-refractivity contribution is 5.88. The number of alkyl halides is 3. The Hall–Kier alpha value is -3.49. The first-order valence-electron chi connectivity index (χ1n) is 9.08. The summed E-state index contributed by atoms with van der Waals surface area (Å²) in [6, 6.07) is 6.23. The molecule has 3 heterocycles. The standard InChI is InChI=1S/C21H16F4N4O/c1-2-18(30)28-9-10-29-17(12-28)19(13-5-7-26-8-6-13)20(27-29)14-3-4-15(16(22)11-14)21(23,24)25/h2-8,11H,1,9-10,12H2. The maximum Gasteiger partial charge on any atom is 0.419 e. The largest absolute Gasteiger partial charge is 0.419 e. The van der Waals surface area contributed by atoms with Gasteiger partial charge in [0.05, 0.1) is 24.3 Å². The van der Waals surface area contributed by atoms with Crippen LogP contribution in [0.5, 0.6) is 0 Å². The predicted octanol–water partition coefficient (Wildman–Crippen LogP) is 4.30. The first kappa shape index (κ1) is 19.8. The molecule has 9 heteroatoms. The summed E-state index contributed by atoms with van der Waals surface area (Å²) in [6.07, 6.45) is -0.405. The second kappa shape index (κ2) is 7.40. The molecule has 0 spiro atoms. The molecule has 0 saturated carbocycles. The fraction of sp³-hybridized carbons (Fsp3) is 0.190. The van der Waals surface area contributed by atoms with Gasteiger partial charge in [-0.1, -0.05) is 12.6 Å². The molecule has 0 aliphatic carbocycles. The molecule has 0 fully saturated rings. The quantitative estimate of drug-likeness (QED) is 0.473. The molecule has 154 valence electrons. The summed E-state index contributed by atoms with van der Waals surface area (Å²) in [5.41, 5.74) is 1.28. The maximum absolute atomic E-state index is 14.2. The van der Waals surface area contributed by atoms with E-state index in [2.05, 4.69) is 16.7 Å². The molecule has 0 atom stereocenters. The Balaban J connectivity index is 1.88. The van der Waals surface area contributed by atoms with Gasteiger partial charge in [0.25, 0.3) is 0 Å². The highest BCUT2D eigenvalue weighted by Crippen LogP contribution is 2.38. The van der Waals surface area contributed by atoms with Crippen LogP contribution < -0.4 is 0 Å². The second-order valence-electron chi connectivity index (χ2n) is 6.79. The van der Waals surface area contributed by atoms with Crippen molar-refractivity contribution >= 4 is 5.91 Å². The number of carbonyl (C=O) groups is 1. The Morgan fingerprint density at radius 2 is 1.83 bits per heavy atom. The molecule has 2 aromatic heterocycles. The Kier molecular flexibility index (Phi) is 4.89. The average molecular weight is 416 g/mol. The maximum atomic E-state index is 14.2. The highest BCUT2D eigenvalue weighted by Gasteiger charge is 2.34. The van der Waals surface area contributed by atoms with Crippen molar-refractivity contribution in [1.82, 2.24) is 19.7 Å². The summed E-state index contributed by atoms with van der Waals surface area (Å²) in [6.45, 7) is 4.57. The zero-order valence-electron chi connectivity index (χ0n) is 15.7. The minimum atomic E-state index is -4.78. The fourth-order valence-corrected chi connectivity index (χ4v) is 3.55. The topological polar surface area (TPSA) is 51.0 Å². The van der Waals surface area contributed by atoms with Gasteiger partial charge in [-0.2, -0.15) is 18.3 Å². The van der Waals surface area contributed by atoms with Crippen molar-refractivity contribution in [1.29, 1.82) is 0 Å². The van der Waals surface area contributed by atoms with Gasteiger partial charge in [-0.05, 0) is 35.9 Å². The van der Waals surface area contributed by atoms with Crippen LogP contribution in [0.4, 0.5) is 17.6 Å². The Morgan fingerprint density at radius 3 is 2.47 bits per heavy atom. The Bertz CT molecular complexity index is 1120. The third kappa shape index (κ3) is 3.47. The number of fused-ring (bicyclic) bond motifs is 1. The molecule has 5 nitrogen and oxygen atoms in total. The third-order valence-electron chi connectivity index (χ3n) is 4.98. The molecule has 3 aromatic rings. The lowest BCUT2D eigenvalue weighted by Crippen LogP contribution is -2.37. The van der Waals surface area contributed by atoms with Crippen LogP contribution in [0.3, 0.4) is 0 Å². The minimum absolute atomic E-state index is 0.218. The van der Waals surface area contributed by atoms with E-state index < -0.39 is 17.6 Å². The number of hydrogen-bond acceptors (Lipinski definition) is 3. The van der Waals surface area contributed by atoms with Gasteiger partial charge in [0, 0.05) is 30.1 Å². The molecule has 1 aromatic carbocycles. The number of hydrogen-bond donors (Lipinski definition) is 0. The van der Waals surface area contributed by atoms with Gasteiger partial charge in [0.1, 0.15) is 11.5 Å². The van der Waals surface area contributed by atoms with Crippen LogP contribution in [-0.4, -0.2) is 32.1 Å². The van der Waals surface area contributed by atoms with Crippen molar-refractivity contribution in [3.05, 3.63) is 72.5 Å². The molecule has 30 heavy (non-hydrogen) atoms. The molecule has 0 unspecified atom stereocenters. The van der Waals surface area contributed by atoms with Gasteiger partial charge in [0.15, 0.2) is 0 Å². The lowest BCUT2D eigenvalue weighted by atomic mass is 9.98. The lowest BCUT2D eigenvalue weighted by molar-refractivity contribution is -0.140. The summed E-state index contributed by atoms with van der Waals surface area (Å²) in [5.74, 6) is -1.60. The number of benzene rings is 1. The van der Waals surface area contributed by atoms with E-state index in [1.54, 1.807) is 34.1 Å². The normalized spacial score (nSPS) is 13.8. The number of halogens is 4. The van der Waals surface area contributed by atoms with E-state index in [9.17, 15) is 22.4 Å². The van der Waals surface area contributed by atoms with Gasteiger partial charge in [-0.3, -0.25) is 14.5 Å². The molecule has 1 aliphatic heterocycles. The van der Waals surface area contributed by atoms with Gasteiger partial charge < -0.3 is 4.90 Å². The van der Waals surface area contributed by atoms with Crippen molar-refractivity contribution in [2.24, 2.45) is 0 Å². The van der Waals surface area contributed by atoms with Crippen LogP contribution in [0, 0.1) is 5.82 Å². The molecule has 0 radical (unpaired) electrons. The number of rotatable bonds is 3. The Labute approximate surface area is 169 Å². The predicted molar refractivity (Wildman–Crippen MR) is 101 cm³/mol. The number of carbonyl (C=O) groups excluding carboxylic acids is 1. The number of pyridine rings is 1. The van der Waals surface area contributed by atoms with E-state index in [-0.39, 0.29) is 18.0 Å². The fourth-order valence-electron chi connectivity index (χ4n) is 3.55. The molecular weight excluding hydrogens is 400 g/mol. The summed E-state index contributed by atoms with van der Waals surface area (Å²) < 4.78 is 54.8. The molecular formula is C21H16F4N4O. The first-order valence-corrected chi connectivity index (χ1v) is 9.08. The SMILES string of the molecule is C=CC(=O)N1CCn2nc(-c3ccc(C(F)(F)F)c(F)c3)c(-c3ccncc3)c2C1. The van der Waals surface area contributed by atoms with Crippen LogP contribution in [0.15, 0.2) is 55.4 Å². The first-order chi connectivity index (χ1) is 14.3. The summed E-state index contributed by atoms with van der Waals surface area (Å²) in [4.78, 5) is 17.7. The molecule has 1 amide bonds. The van der Waals surface area contributed by atoms with Crippen molar-refractivity contribution < 1.29 is 22.4 Å². The summed E-state index contributed by atoms with van der Waals surface area (Å²) in [7, 11) is 0. The highest BCUT2D eigenvalue weighted by atomic mass is 19.4. The molecule has 0 bridgehead atoms. The van der Waals surface area contributed by atoms with E-state index in [0.29, 0.717) is 36.1 Å². The summed E-state index contributed by atoms with van der Waals surface area (Å²) in [5, 5.41) is 4.53. The van der Waals surface area contributed by atoms with E-state index in [0.717, 1.165) is 11.6 Å².